The van der Waals surface area contributed by atoms with Crippen LogP contribution in [0.3, 0.4) is 0 Å². The van der Waals surface area contributed by atoms with Gasteiger partial charge < -0.3 is 19.9 Å². The second kappa shape index (κ2) is 9.38. The van der Waals surface area contributed by atoms with Gasteiger partial charge in [0.15, 0.2) is 0 Å². The second-order valence-electron chi connectivity index (χ2n) is 7.43. The summed E-state index contributed by atoms with van der Waals surface area (Å²) in [6.45, 7) is 2.82. The van der Waals surface area contributed by atoms with Gasteiger partial charge in [0.2, 0.25) is 5.91 Å². The Balaban J connectivity index is 1.70. The van der Waals surface area contributed by atoms with Crippen molar-refractivity contribution in [2.24, 2.45) is 0 Å². The number of alkyl halides is 3. The first kappa shape index (κ1) is 22.6. The Bertz CT molecular complexity index is 937. The highest BCUT2D eigenvalue weighted by Gasteiger charge is 2.30. The molecule has 1 aliphatic heterocycles. The molecule has 1 fully saturated rings. The minimum atomic E-state index is -4.43. The van der Waals surface area contributed by atoms with Crippen LogP contribution in [0.15, 0.2) is 42.5 Å². The molecular formula is C22H24F3N3O3. The number of hydrogen-bond acceptors (Lipinski definition) is 4. The van der Waals surface area contributed by atoms with E-state index in [4.69, 9.17) is 4.74 Å². The van der Waals surface area contributed by atoms with Gasteiger partial charge in [-0.1, -0.05) is 12.1 Å². The summed E-state index contributed by atoms with van der Waals surface area (Å²) in [5.74, 6) is -0.174. The van der Waals surface area contributed by atoms with Crippen molar-refractivity contribution < 1.29 is 27.5 Å². The van der Waals surface area contributed by atoms with Crippen molar-refractivity contribution in [3.63, 3.8) is 0 Å². The Morgan fingerprint density at radius 3 is 2.26 bits per heavy atom. The molecule has 1 saturated heterocycles. The number of hydrogen-bond donors (Lipinski definition) is 1. The van der Waals surface area contributed by atoms with Crippen molar-refractivity contribution in [1.29, 1.82) is 0 Å². The van der Waals surface area contributed by atoms with Crippen LogP contribution in [0, 0.1) is 0 Å². The summed E-state index contributed by atoms with van der Waals surface area (Å²) in [5.41, 5.74) is 0.428. The fraction of sp³-hybridized carbons (Fsp3) is 0.364. The van der Waals surface area contributed by atoms with Crippen molar-refractivity contribution >= 4 is 17.5 Å². The van der Waals surface area contributed by atoms with Gasteiger partial charge in [0, 0.05) is 31.7 Å². The number of piperazine rings is 1. The summed E-state index contributed by atoms with van der Waals surface area (Å²) >= 11 is 0. The van der Waals surface area contributed by atoms with Crippen LogP contribution < -0.4 is 10.1 Å². The van der Waals surface area contributed by atoms with Gasteiger partial charge in [0.05, 0.1) is 24.8 Å². The van der Waals surface area contributed by atoms with Crippen molar-refractivity contribution in [1.82, 2.24) is 9.80 Å². The number of amides is 2. The number of rotatable bonds is 5. The highest BCUT2D eigenvalue weighted by Crippen LogP contribution is 2.29. The van der Waals surface area contributed by atoms with E-state index in [1.807, 2.05) is 7.05 Å². The van der Waals surface area contributed by atoms with Crippen molar-refractivity contribution in [2.75, 3.05) is 45.7 Å². The number of nitrogens with one attached hydrogen (secondary N) is 1. The third-order valence-corrected chi connectivity index (χ3v) is 5.16. The zero-order valence-corrected chi connectivity index (χ0v) is 17.3. The number of likely N-dealkylation sites (N-methyl/N-ethyl adjacent to an activating group) is 1. The Morgan fingerprint density at radius 2 is 1.68 bits per heavy atom. The molecule has 0 atom stereocenters. The zero-order chi connectivity index (χ0) is 22.6. The molecule has 1 N–H and O–H groups in total. The fourth-order valence-electron chi connectivity index (χ4n) is 3.32. The Hall–Kier alpha value is -3.07. The fourth-order valence-corrected chi connectivity index (χ4v) is 3.32. The molecular weight excluding hydrogens is 411 g/mol. The number of halogens is 3. The number of methoxy groups -OCH3 is 1. The van der Waals surface area contributed by atoms with E-state index >= 15 is 0 Å². The Kier molecular flexibility index (Phi) is 6.84. The SMILES string of the molecule is COc1ccc(C(=O)N2CCN(C)CC2)cc1NC(=O)Cc1ccc(C(F)(F)F)cc1. The van der Waals surface area contributed by atoms with Crippen LogP contribution in [0.2, 0.25) is 0 Å². The van der Waals surface area contributed by atoms with Crippen molar-refractivity contribution in [3.05, 3.63) is 59.2 Å². The lowest BCUT2D eigenvalue weighted by molar-refractivity contribution is -0.137. The maximum atomic E-state index is 12.8. The number of carbonyl (C=O) groups excluding carboxylic acids is 2. The maximum Gasteiger partial charge on any atom is 0.416 e. The summed E-state index contributed by atoms with van der Waals surface area (Å²) in [6.07, 6.45) is -4.54. The van der Waals surface area contributed by atoms with Crippen molar-refractivity contribution in [3.8, 4) is 5.75 Å². The molecule has 1 aliphatic rings. The number of benzene rings is 2. The third-order valence-electron chi connectivity index (χ3n) is 5.16. The number of anilines is 1. The maximum absolute atomic E-state index is 12.8. The Morgan fingerprint density at radius 1 is 1.03 bits per heavy atom. The first-order valence-corrected chi connectivity index (χ1v) is 9.79. The van der Waals surface area contributed by atoms with Gasteiger partial charge in [-0.25, -0.2) is 0 Å². The summed E-state index contributed by atoms with van der Waals surface area (Å²) < 4.78 is 43.3. The molecule has 2 aromatic rings. The molecule has 0 saturated carbocycles. The molecule has 166 valence electrons. The topological polar surface area (TPSA) is 61.9 Å². The predicted molar refractivity (Wildman–Crippen MR) is 110 cm³/mol. The van der Waals surface area contributed by atoms with E-state index in [1.54, 1.807) is 23.1 Å². The van der Waals surface area contributed by atoms with Gasteiger partial charge in [-0.2, -0.15) is 13.2 Å². The first-order chi connectivity index (χ1) is 14.7. The first-order valence-electron chi connectivity index (χ1n) is 9.79. The van der Waals surface area contributed by atoms with Gasteiger partial charge in [0.1, 0.15) is 5.75 Å². The van der Waals surface area contributed by atoms with Crippen LogP contribution in [0.1, 0.15) is 21.5 Å². The van der Waals surface area contributed by atoms with Crippen LogP contribution in [0.25, 0.3) is 0 Å². The number of carbonyl (C=O) groups is 2. The predicted octanol–water partition coefficient (Wildman–Crippen LogP) is 3.28. The van der Waals surface area contributed by atoms with E-state index in [9.17, 15) is 22.8 Å². The molecule has 2 amide bonds. The van der Waals surface area contributed by atoms with Crippen LogP contribution in [0.4, 0.5) is 18.9 Å². The molecule has 3 rings (SSSR count). The summed E-state index contributed by atoms with van der Waals surface area (Å²) in [7, 11) is 3.45. The average Bonchev–Trinajstić information content (AvgIpc) is 2.73. The third kappa shape index (κ3) is 5.75. The molecule has 0 aliphatic carbocycles. The highest BCUT2D eigenvalue weighted by atomic mass is 19.4. The van der Waals surface area contributed by atoms with E-state index in [1.165, 1.54) is 19.2 Å². The Labute approximate surface area is 178 Å². The molecule has 0 unspecified atom stereocenters. The molecule has 31 heavy (non-hydrogen) atoms. The van der Waals surface area contributed by atoms with Gasteiger partial charge in [0.25, 0.3) is 5.91 Å². The van der Waals surface area contributed by atoms with Gasteiger partial charge >= 0.3 is 6.18 Å². The minimum Gasteiger partial charge on any atom is -0.495 e. The van der Waals surface area contributed by atoms with E-state index in [0.717, 1.165) is 25.2 Å². The zero-order valence-electron chi connectivity index (χ0n) is 17.3. The molecule has 6 nitrogen and oxygen atoms in total. The largest absolute Gasteiger partial charge is 0.495 e. The van der Waals surface area contributed by atoms with Gasteiger partial charge in [-0.05, 0) is 42.9 Å². The van der Waals surface area contributed by atoms with Gasteiger partial charge in [-0.15, -0.1) is 0 Å². The lowest BCUT2D eigenvalue weighted by Gasteiger charge is -2.32. The van der Waals surface area contributed by atoms with Crippen LogP contribution in [-0.4, -0.2) is 62.0 Å². The number of ether oxygens (including phenoxy) is 1. The summed E-state index contributed by atoms with van der Waals surface area (Å²) in [6, 6.07) is 9.24. The second-order valence-corrected chi connectivity index (χ2v) is 7.43. The monoisotopic (exact) mass is 435 g/mol. The number of nitrogens with zero attached hydrogens (tertiary/aromatic N) is 2. The van der Waals surface area contributed by atoms with Crippen LogP contribution >= 0.6 is 0 Å². The smallest absolute Gasteiger partial charge is 0.416 e. The molecule has 0 radical (unpaired) electrons. The molecule has 0 bridgehead atoms. The van der Waals surface area contributed by atoms with E-state index < -0.39 is 17.6 Å². The standard InChI is InChI=1S/C22H24F3N3O3/c1-27-9-11-28(12-10-27)21(30)16-5-8-19(31-2)18(14-16)26-20(29)13-15-3-6-17(7-4-15)22(23,24)25/h3-8,14H,9-13H2,1-2H3,(H,26,29). The van der Waals surface area contributed by atoms with Crippen LogP contribution in [-0.2, 0) is 17.4 Å². The van der Waals surface area contributed by atoms with E-state index in [-0.39, 0.29) is 12.3 Å². The highest BCUT2D eigenvalue weighted by molar-refractivity contribution is 5.99. The van der Waals surface area contributed by atoms with Crippen LogP contribution in [0.5, 0.6) is 5.75 Å². The van der Waals surface area contributed by atoms with Gasteiger partial charge in [-0.3, -0.25) is 9.59 Å². The lowest BCUT2D eigenvalue weighted by Crippen LogP contribution is -2.47. The summed E-state index contributed by atoms with van der Waals surface area (Å²) in [5, 5.41) is 2.69. The summed E-state index contributed by atoms with van der Waals surface area (Å²) in [4.78, 5) is 29.2. The molecule has 0 aromatic heterocycles. The lowest BCUT2D eigenvalue weighted by atomic mass is 10.1. The molecule has 2 aromatic carbocycles. The van der Waals surface area contributed by atoms with E-state index in [0.29, 0.717) is 35.7 Å². The normalized spacial score (nSPS) is 14.9. The molecule has 0 spiro atoms. The van der Waals surface area contributed by atoms with Crippen molar-refractivity contribution in [2.45, 2.75) is 12.6 Å². The average molecular weight is 435 g/mol. The van der Waals surface area contributed by atoms with E-state index in [2.05, 4.69) is 10.2 Å². The molecule has 1 heterocycles. The molecule has 9 heteroatoms. The minimum absolute atomic E-state index is 0.113. The quantitative estimate of drug-likeness (QED) is 0.783.